The van der Waals surface area contributed by atoms with E-state index in [1.807, 2.05) is 0 Å². The number of halogens is 3. The van der Waals surface area contributed by atoms with Gasteiger partial charge in [-0.3, -0.25) is 0 Å². The van der Waals surface area contributed by atoms with Gasteiger partial charge in [-0.25, -0.2) is 13.2 Å². The highest BCUT2D eigenvalue weighted by molar-refractivity contribution is 5.47. The van der Waals surface area contributed by atoms with Crippen LogP contribution in [0.1, 0.15) is 5.56 Å². The molecule has 0 fully saturated rings. The molecule has 94 valence electrons. The predicted molar refractivity (Wildman–Crippen MR) is 61.7 cm³/mol. The van der Waals surface area contributed by atoms with Crippen molar-refractivity contribution in [3.8, 4) is 5.75 Å². The first kappa shape index (κ1) is 12.3. The highest BCUT2D eigenvalue weighted by Crippen LogP contribution is 2.21. The molecule has 0 bridgehead atoms. The van der Waals surface area contributed by atoms with Crippen LogP contribution in [-0.2, 0) is 6.54 Å². The minimum absolute atomic E-state index is 0.109. The minimum atomic E-state index is -0.980. The fraction of sp³-hybridized carbons (Fsp3) is 0.0769. The van der Waals surface area contributed by atoms with Crippen LogP contribution in [0.5, 0.6) is 5.75 Å². The van der Waals surface area contributed by atoms with E-state index in [2.05, 4.69) is 5.32 Å². The van der Waals surface area contributed by atoms with Crippen molar-refractivity contribution in [2.45, 2.75) is 6.54 Å². The normalized spacial score (nSPS) is 10.4. The number of anilines is 1. The molecule has 2 N–H and O–H groups in total. The molecule has 0 saturated heterocycles. The lowest BCUT2D eigenvalue weighted by molar-refractivity contribution is 0.475. The molecule has 2 nitrogen and oxygen atoms in total. The molecule has 18 heavy (non-hydrogen) atoms. The molecular weight excluding hydrogens is 243 g/mol. The van der Waals surface area contributed by atoms with E-state index in [1.165, 1.54) is 12.1 Å². The molecule has 0 aliphatic heterocycles. The fourth-order valence-corrected chi connectivity index (χ4v) is 1.52. The lowest BCUT2D eigenvalue weighted by Gasteiger charge is -2.09. The molecule has 0 amide bonds. The van der Waals surface area contributed by atoms with Crippen LogP contribution in [0.3, 0.4) is 0 Å². The van der Waals surface area contributed by atoms with Gasteiger partial charge >= 0.3 is 0 Å². The zero-order valence-electron chi connectivity index (χ0n) is 9.25. The summed E-state index contributed by atoms with van der Waals surface area (Å²) in [6.07, 6.45) is 0. The van der Waals surface area contributed by atoms with Gasteiger partial charge in [0.2, 0.25) is 0 Å². The summed E-state index contributed by atoms with van der Waals surface area (Å²) in [4.78, 5) is 0. The summed E-state index contributed by atoms with van der Waals surface area (Å²) in [5, 5.41) is 11.6. The first-order valence-electron chi connectivity index (χ1n) is 5.22. The van der Waals surface area contributed by atoms with Crippen LogP contribution in [-0.4, -0.2) is 5.11 Å². The Hall–Kier alpha value is -2.17. The summed E-state index contributed by atoms with van der Waals surface area (Å²) >= 11 is 0. The quantitative estimate of drug-likeness (QED) is 0.878. The second-order valence-corrected chi connectivity index (χ2v) is 3.76. The Kier molecular flexibility index (Phi) is 3.41. The van der Waals surface area contributed by atoms with Crippen molar-refractivity contribution in [2.24, 2.45) is 0 Å². The Morgan fingerprint density at radius 3 is 2.06 bits per heavy atom. The number of phenolic OH excluding ortho intramolecular Hbond substituents is 1. The van der Waals surface area contributed by atoms with E-state index in [1.54, 1.807) is 12.1 Å². The number of hydrogen-bond donors (Lipinski definition) is 2. The van der Waals surface area contributed by atoms with E-state index in [-0.39, 0.29) is 18.0 Å². The molecule has 0 aromatic heterocycles. The second kappa shape index (κ2) is 5.00. The minimum Gasteiger partial charge on any atom is -0.508 e. The van der Waals surface area contributed by atoms with Crippen LogP contribution in [0.4, 0.5) is 18.9 Å². The van der Waals surface area contributed by atoms with Gasteiger partial charge in [0.1, 0.15) is 17.3 Å². The van der Waals surface area contributed by atoms with Crippen molar-refractivity contribution in [3.05, 3.63) is 59.4 Å². The maximum Gasteiger partial charge on any atom is 0.152 e. The van der Waals surface area contributed by atoms with Gasteiger partial charge in [-0.2, -0.15) is 0 Å². The van der Waals surface area contributed by atoms with Crippen LogP contribution in [0.25, 0.3) is 0 Å². The SMILES string of the molecule is Oc1ccc(CNc2c(F)cc(F)cc2F)cc1. The maximum atomic E-state index is 13.3. The van der Waals surface area contributed by atoms with E-state index < -0.39 is 17.5 Å². The smallest absolute Gasteiger partial charge is 0.152 e. The molecule has 2 aromatic carbocycles. The van der Waals surface area contributed by atoms with Crippen molar-refractivity contribution >= 4 is 5.69 Å². The molecule has 0 spiro atoms. The summed E-state index contributed by atoms with van der Waals surface area (Å²) in [6.45, 7) is 0.166. The summed E-state index contributed by atoms with van der Waals surface area (Å²) in [6, 6.07) is 7.39. The van der Waals surface area contributed by atoms with E-state index in [9.17, 15) is 13.2 Å². The third-order valence-electron chi connectivity index (χ3n) is 2.41. The first-order chi connectivity index (χ1) is 8.56. The van der Waals surface area contributed by atoms with Gasteiger partial charge < -0.3 is 10.4 Å². The van der Waals surface area contributed by atoms with Gasteiger partial charge in [-0.1, -0.05) is 12.1 Å². The number of phenols is 1. The van der Waals surface area contributed by atoms with Crippen molar-refractivity contribution < 1.29 is 18.3 Å². The van der Waals surface area contributed by atoms with Crippen LogP contribution in [0, 0.1) is 17.5 Å². The number of benzene rings is 2. The number of hydrogen-bond acceptors (Lipinski definition) is 2. The van der Waals surface area contributed by atoms with Gasteiger partial charge in [0, 0.05) is 18.7 Å². The summed E-state index contributed by atoms with van der Waals surface area (Å²) in [7, 11) is 0. The van der Waals surface area contributed by atoms with Crippen LogP contribution in [0.2, 0.25) is 0 Å². The summed E-state index contributed by atoms with van der Waals surface area (Å²) < 4.78 is 39.3. The van der Waals surface area contributed by atoms with E-state index in [4.69, 9.17) is 5.11 Å². The van der Waals surface area contributed by atoms with E-state index in [0.29, 0.717) is 12.1 Å². The molecule has 0 aliphatic rings. The highest BCUT2D eigenvalue weighted by Gasteiger charge is 2.10. The Bertz CT molecular complexity index is 532. The van der Waals surface area contributed by atoms with Crippen molar-refractivity contribution in [1.29, 1.82) is 0 Å². The molecule has 0 atom stereocenters. The molecule has 0 radical (unpaired) electrons. The molecule has 0 unspecified atom stereocenters. The average molecular weight is 253 g/mol. The average Bonchev–Trinajstić information content (AvgIpc) is 2.30. The Labute approximate surface area is 102 Å². The number of aromatic hydroxyl groups is 1. The topological polar surface area (TPSA) is 32.3 Å². The zero-order chi connectivity index (χ0) is 13.1. The van der Waals surface area contributed by atoms with Gasteiger partial charge in [0.05, 0.1) is 0 Å². The summed E-state index contributed by atoms with van der Waals surface area (Å²) in [5.74, 6) is -2.81. The van der Waals surface area contributed by atoms with Crippen molar-refractivity contribution in [2.75, 3.05) is 5.32 Å². The van der Waals surface area contributed by atoms with Crippen LogP contribution in [0.15, 0.2) is 36.4 Å². The van der Waals surface area contributed by atoms with E-state index in [0.717, 1.165) is 5.56 Å². The first-order valence-corrected chi connectivity index (χ1v) is 5.22. The van der Waals surface area contributed by atoms with Gasteiger partial charge in [-0.05, 0) is 17.7 Å². The molecule has 2 rings (SSSR count). The Morgan fingerprint density at radius 2 is 1.50 bits per heavy atom. The lowest BCUT2D eigenvalue weighted by Crippen LogP contribution is -2.04. The lowest BCUT2D eigenvalue weighted by atomic mass is 10.2. The van der Waals surface area contributed by atoms with Crippen LogP contribution < -0.4 is 5.32 Å². The number of rotatable bonds is 3. The number of nitrogens with one attached hydrogen (secondary N) is 1. The maximum absolute atomic E-state index is 13.3. The summed E-state index contributed by atoms with van der Waals surface area (Å²) in [5.41, 5.74) is 0.361. The second-order valence-electron chi connectivity index (χ2n) is 3.76. The van der Waals surface area contributed by atoms with Crippen LogP contribution >= 0.6 is 0 Å². The molecule has 5 heteroatoms. The van der Waals surface area contributed by atoms with E-state index >= 15 is 0 Å². The third kappa shape index (κ3) is 2.74. The molecule has 2 aromatic rings. The fourth-order valence-electron chi connectivity index (χ4n) is 1.52. The standard InChI is InChI=1S/C13H10F3NO/c14-9-5-11(15)13(12(16)6-9)17-7-8-1-3-10(18)4-2-8/h1-6,17-18H,7H2. The van der Waals surface area contributed by atoms with Crippen molar-refractivity contribution in [1.82, 2.24) is 0 Å². The van der Waals surface area contributed by atoms with Crippen molar-refractivity contribution in [3.63, 3.8) is 0 Å². The zero-order valence-corrected chi connectivity index (χ0v) is 9.25. The molecule has 0 heterocycles. The largest absolute Gasteiger partial charge is 0.508 e. The Morgan fingerprint density at radius 1 is 0.944 bits per heavy atom. The monoisotopic (exact) mass is 253 g/mol. The predicted octanol–water partition coefficient (Wildman–Crippen LogP) is 3.42. The Balaban J connectivity index is 2.13. The van der Waals surface area contributed by atoms with Gasteiger partial charge in [-0.15, -0.1) is 0 Å². The molecule has 0 aliphatic carbocycles. The molecule has 0 saturated carbocycles. The van der Waals surface area contributed by atoms with Gasteiger partial charge in [0.15, 0.2) is 11.6 Å². The highest BCUT2D eigenvalue weighted by atomic mass is 19.1. The van der Waals surface area contributed by atoms with Gasteiger partial charge in [0.25, 0.3) is 0 Å². The third-order valence-corrected chi connectivity index (χ3v) is 2.41. The molecular formula is C13H10F3NO.